The zero-order chi connectivity index (χ0) is 11.6. The molecule has 0 amide bonds. The molecule has 1 aromatic rings. The van der Waals surface area contributed by atoms with Crippen molar-refractivity contribution in [2.75, 3.05) is 7.05 Å². The van der Waals surface area contributed by atoms with Crippen LogP contribution in [0.4, 0.5) is 0 Å². The number of carbonyl (C=O) groups is 1. The fourth-order valence-corrected chi connectivity index (χ4v) is 1.62. The van der Waals surface area contributed by atoms with Gasteiger partial charge in [-0.15, -0.1) is 0 Å². The maximum absolute atomic E-state index is 12.0. The van der Waals surface area contributed by atoms with Gasteiger partial charge in [0.15, 0.2) is 5.78 Å². The molecule has 15 heavy (non-hydrogen) atoms. The molecule has 0 aliphatic carbocycles. The van der Waals surface area contributed by atoms with E-state index in [2.05, 4.69) is 5.32 Å². The standard InChI is InChI=1S/C11H13Cl2NO/c1-11(2,14-3)10(15)8-5-4-7(12)6-9(8)13/h4-6,14H,1-3H3. The molecule has 0 fully saturated rings. The van der Waals surface area contributed by atoms with Crippen LogP contribution < -0.4 is 5.32 Å². The van der Waals surface area contributed by atoms with E-state index in [9.17, 15) is 4.79 Å². The van der Waals surface area contributed by atoms with Crippen LogP contribution in [0.5, 0.6) is 0 Å². The highest BCUT2D eigenvalue weighted by atomic mass is 35.5. The summed E-state index contributed by atoms with van der Waals surface area (Å²) in [6, 6.07) is 4.88. The molecular weight excluding hydrogens is 233 g/mol. The summed E-state index contributed by atoms with van der Waals surface area (Å²) in [6.07, 6.45) is 0. The predicted octanol–water partition coefficient (Wildman–Crippen LogP) is 3.17. The van der Waals surface area contributed by atoms with Crippen LogP contribution >= 0.6 is 23.2 Å². The summed E-state index contributed by atoms with van der Waals surface area (Å²) < 4.78 is 0. The van der Waals surface area contributed by atoms with Crippen LogP contribution in [0.25, 0.3) is 0 Å². The third kappa shape index (κ3) is 2.71. The van der Waals surface area contributed by atoms with Crippen molar-refractivity contribution in [1.82, 2.24) is 5.32 Å². The smallest absolute Gasteiger partial charge is 0.183 e. The predicted molar refractivity (Wildman–Crippen MR) is 63.9 cm³/mol. The van der Waals surface area contributed by atoms with Crippen molar-refractivity contribution in [2.24, 2.45) is 0 Å². The van der Waals surface area contributed by atoms with Crippen molar-refractivity contribution in [3.63, 3.8) is 0 Å². The molecule has 82 valence electrons. The van der Waals surface area contributed by atoms with Gasteiger partial charge in [-0.05, 0) is 39.1 Å². The number of benzene rings is 1. The summed E-state index contributed by atoms with van der Waals surface area (Å²) in [7, 11) is 1.74. The summed E-state index contributed by atoms with van der Waals surface area (Å²) in [6.45, 7) is 3.61. The Morgan fingerprint density at radius 3 is 2.40 bits per heavy atom. The molecule has 0 aromatic heterocycles. The second-order valence-electron chi connectivity index (χ2n) is 3.83. The van der Waals surface area contributed by atoms with Crippen molar-refractivity contribution in [3.05, 3.63) is 33.8 Å². The number of ketones is 1. The van der Waals surface area contributed by atoms with Crippen molar-refractivity contribution in [1.29, 1.82) is 0 Å². The van der Waals surface area contributed by atoms with Crippen LogP contribution in [0.1, 0.15) is 24.2 Å². The first kappa shape index (κ1) is 12.5. The SMILES string of the molecule is CNC(C)(C)C(=O)c1ccc(Cl)cc1Cl. The molecule has 0 atom stereocenters. The quantitative estimate of drug-likeness (QED) is 0.830. The average Bonchev–Trinajstić information content (AvgIpc) is 2.17. The van der Waals surface area contributed by atoms with Crippen molar-refractivity contribution in [3.8, 4) is 0 Å². The molecule has 0 aliphatic heterocycles. The van der Waals surface area contributed by atoms with E-state index in [1.165, 1.54) is 0 Å². The third-order valence-corrected chi connectivity index (χ3v) is 2.92. The van der Waals surface area contributed by atoms with E-state index < -0.39 is 5.54 Å². The Bertz CT molecular complexity index is 388. The molecule has 0 unspecified atom stereocenters. The molecule has 1 N–H and O–H groups in total. The summed E-state index contributed by atoms with van der Waals surface area (Å²) in [5, 5.41) is 3.85. The highest BCUT2D eigenvalue weighted by Crippen LogP contribution is 2.24. The van der Waals surface area contributed by atoms with Gasteiger partial charge in [-0.2, -0.15) is 0 Å². The highest BCUT2D eigenvalue weighted by Gasteiger charge is 2.27. The van der Waals surface area contributed by atoms with Gasteiger partial charge < -0.3 is 5.32 Å². The first-order valence-corrected chi connectivity index (χ1v) is 5.33. The van der Waals surface area contributed by atoms with Crippen molar-refractivity contribution >= 4 is 29.0 Å². The summed E-state index contributed by atoms with van der Waals surface area (Å²) >= 11 is 11.7. The minimum atomic E-state index is -0.628. The van der Waals surface area contributed by atoms with E-state index in [0.29, 0.717) is 15.6 Å². The molecular formula is C11H13Cl2NO. The molecule has 1 aromatic carbocycles. The van der Waals surface area contributed by atoms with Crippen LogP contribution in [-0.2, 0) is 0 Å². The summed E-state index contributed by atoms with van der Waals surface area (Å²) in [4.78, 5) is 12.0. The topological polar surface area (TPSA) is 29.1 Å². The number of carbonyl (C=O) groups excluding carboxylic acids is 1. The zero-order valence-corrected chi connectivity index (χ0v) is 10.4. The maximum Gasteiger partial charge on any atom is 0.183 e. The number of Topliss-reactive ketones (excluding diaryl/α,β-unsaturated/α-hetero) is 1. The monoisotopic (exact) mass is 245 g/mol. The maximum atomic E-state index is 12.0. The third-order valence-electron chi connectivity index (χ3n) is 2.37. The van der Waals surface area contributed by atoms with E-state index in [4.69, 9.17) is 23.2 Å². The fraction of sp³-hybridized carbons (Fsp3) is 0.364. The largest absolute Gasteiger partial charge is 0.308 e. The van der Waals surface area contributed by atoms with E-state index in [1.54, 1.807) is 39.1 Å². The van der Waals surface area contributed by atoms with Gasteiger partial charge in [-0.1, -0.05) is 23.2 Å². The van der Waals surface area contributed by atoms with E-state index >= 15 is 0 Å². The highest BCUT2D eigenvalue weighted by molar-refractivity contribution is 6.37. The Labute approximate surface area is 99.6 Å². The van der Waals surface area contributed by atoms with E-state index in [1.807, 2.05) is 0 Å². The summed E-state index contributed by atoms with van der Waals surface area (Å²) in [5.41, 5.74) is -0.141. The first-order chi connectivity index (χ1) is 6.88. The number of rotatable bonds is 3. The van der Waals surface area contributed by atoms with Crippen LogP contribution in [0, 0.1) is 0 Å². The van der Waals surface area contributed by atoms with Crippen LogP contribution in [0.3, 0.4) is 0 Å². The van der Waals surface area contributed by atoms with Gasteiger partial charge in [0.2, 0.25) is 0 Å². The van der Waals surface area contributed by atoms with Gasteiger partial charge in [0.25, 0.3) is 0 Å². The molecule has 1 rings (SSSR count). The van der Waals surface area contributed by atoms with E-state index in [-0.39, 0.29) is 5.78 Å². The molecule has 0 bridgehead atoms. The number of hydrogen-bond donors (Lipinski definition) is 1. The Balaban J connectivity index is 3.12. The van der Waals surface area contributed by atoms with Crippen LogP contribution in [-0.4, -0.2) is 18.4 Å². The van der Waals surface area contributed by atoms with Gasteiger partial charge >= 0.3 is 0 Å². The molecule has 0 radical (unpaired) electrons. The number of likely N-dealkylation sites (N-methyl/N-ethyl adjacent to an activating group) is 1. The Kier molecular flexibility index (Phi) is 3.77. The lowest BCUT2D eigenvalue weighted by molar-refractivity contribution is 0.0890. The van der Waals surface area contributed by atoms with Gasteiger partial charge in [0.1, 0.15) is 0 Å². The zero-order valence-electron chi connectivity index (χ0n) is 8.90. The molecule has 0 spiro atoms. The fourth-order valence-electron chi connectivity index (χ4n) is 1.12. The molecule has 0 saturated carbocycles. The van der Waals surface area contributed by atoms with Crippen molar-refractivity contribution in [2.45, 2.75) is 19.4 Å². The first-order valence-electron chi connectivity index (χ1n) is 4.57. The Hall–Kier alpha value is -0.570. The van der Waals surface area contributed by atoms with Gasteiger partial charge in [0.05, 0.1) is 10.6 Å². The van der Waals surface area contributed by atoms with Gasteiger partial charge in [-0.3, -0.25) is 4.79 Å². The Morgan fingerprint density at radius 2 is 1.93 bits per heavy atom. The van der Waals surface area contributed by atoms with Gasteiger partial charge in [-0.25, -0.2) is 0 Å². The lowest BCUT2D eigenvalue weighted by atomic mass is 9.93. The Morgan fingerprint density at radius 1 is 1.33 bits per heavy atom. The molecule has 0 saturated heterocycles. The lowest BCUT2D eigenvalue weighted by Gasteiger charge is -2.22. The molecule has 0 aliphatic rings. The second kappa shape index (κ2) is 4.52. The lowest BCUT2D eigenvalue weighted by Crippen LogP contribution is -2.44. The molecule has 2 nitrogen and oxygen atoms in total. The normalized spacial score (nSPS) is 11.5. The second-order valence-corrected chi connectivity index (χ2v) is 4.67. The molecule has 4 heteroatoms. The average molecular weight is 246 g/mol. The molecule has 0 heterocycles. The van der Waals surface area contributed by atoms with Crippen LogP contribution in [0.15, 0.2) is 18.2 Å². The number of nitrogens with one attached hydrogen (secondary N) is 1. The summed E-state index contributed by atoms with van der Waals surface area (Å²) in [5.74, 6) is -0.0494. The van der Waals surface area contributed by atoms with Gasteiger partial charge in [0, 0.05) is 10.6 Å². The number of hydrogen-bond acceptors (Lipinski definition) is 2. The van der Waals surface area contributed by atoms with Crippen LogP contribution in [0.2, 0.25) is 10.0 Å². The number of halogens is 2. The van der Waals surface area contributed by atoms with Crippen molar-refractivity contribution < 1.29 is 4.79 Å². The minimum Gasteiger partial charge on any atom is -0.308 e. The minimum absolute atomic E-state index is 0.0494. The van der Waals surface area contributed by atoms with E-state index in [0.717, 1.165) is 0 Å².